The minimum atomic E-state index is 0. The molecule has 1 aromatic carbocycles. The van der Waals surface area contributed by atoms with Gasteiger partial charge in [0.1, 0.15) is 0 Å². The molecule has 0 fully saturated rings. The first-order valence-electron chi connectivity index (χ1n) is 7.76. The summed E-state index contributed by atoms with van der Waals surface area (Å²) in [6.45, 7) is 9.68. The van der Waals surface area contributed by atoms with Crippen molar-refractivity contribution in [1.29, 1.82) is 0 Å². The Morgan fingerprint density at radius 2 is 2.09 bits per heavy atom. The zero-order valence-corrected chi connectivity index (χ0v) is 16.5. The van der Waals surface area contributed by atoms with Crippen molar-refractivity contribution in [2.24, 2.45) is 4.99 Å². The summed E-state index contributed by atoms with van der Waals surface area (Å²) < 4.78 is 5.32. The van der Waals surface area contributed by atoms with Crippen molar-refractivity contribution < 1.29 is 4.74 Å². The summed E-state index contributed by atoms with van der Waals surface area (Å²) >= 11 is 0. The van der Waals surface area contributed by atoms with E-state index in [1.807, 2.05) is 6.92 Å². The van der Waals surface area contributed by atoms with Crippen LogP contribution in [0.25, 0.3) is 0 Å². The summed E-state index contributed by atoms with van der Waals surface area (Å²) in [6.07, 6.45) is 0.988. The lowest BCUT2D eigenvalue weighted by Gasteiger charge is -2.16. The fraction of sp³-hybridized carbons (Fsp3) is 0.588. The van der Waals surface area contributed by atoms with Gasteiger partial charge in [-0.2, -0.15) is 0 Å². The van der Waals surface area contributed by atoms with Gasteiger partial charge in [-0.3, -0.25) is 4.99 Å². The molecule has 0 aliphatic heterocycles. The lowest BCUT2D eigenvalue weighted by Crippen LogP contribution is -2.39. The Bertz CT molecular complexity index is 438. The molecule has 22 heavy (non-hydrogen) atoms. The zero-order valence-electron chi connectivity index (χ0n) is 14.2. The van der Waals surface area contributed by atoms with Gasteiger partial charge in [0.15, 0.2) is 5.96 Å². The molecule has 0 aliphatic carbocycles. The van der Waals surface area contributed by atoms with Gasteiger partial charge < -0.3 is 15.4 Å². The number of rotatable bonds is 8. The SMILES string of the molecule is CCOCCCNC(=NC)NCC(C)c1cccc(C)c1.I. The zero-order chi connectivity index (χ0) is 15.5. The number of hydrogen-bond donors (Lipinski definition) is 2. The predicted molar refractivity (Wildman–Crippen MR) is 105 cm³/mol. The number of nitrogens with one attached hydrogen (secondary N) is 2. The Kier molecular flexibility index (Phi) is 12.2. The van der Waals surface area contributed by atoms with E-state index in [4.69, 9.17) is 4.74 Å². The Hall–Kier alpha value is -0.820. The molecule has 0 saturated heterocycles. The number of aryl methyl sites for hydroxylation is 1. The Morgan fingerprint density at radius 1 is 1.32 bits per heavy atom. The highest BCUT2D eigenvalue weighted by Crippen LogP contribution is 2.15. The predicted octanol–water partition coefficient (Wildman–Crippen LogP) is 3.31. The van der Waals surface area contributed by atoms with Gasteiger partial charge in [0, 0.05) is 33.4 Å². The van der Waals surface area contributed by atoms with E-state index in [0.29, 0.717) is 5.92 Å². The van der Waals surface area contributed by atoms with Gasteiger partial charge in [-0.05, 0) is 31.7 Å². The maximum absolute atomic E-state index is 5.32. The van der Waals surface area contributed by atoms with Crippen LogP contribution in [0.1, 0.15) is 37.3 Å². The van der Waals surface area contributed by atoms with Crippen LogP contribution in [0.15, 0.2) is 29.3 Å². The molecule has 5 heteroatoms. The van der Waals surface area contributed by atoms with Crippen LogP contribution in [0.5, 0.6) is 0 Å². The van der Waals surface area contributed by atoms with E-state index in [0.717, 1.165) is 38.7 Å². The first kappa shape index (κ1) is 21.2. The Balaban J connectivity index is 0.00000441. The van der Waals surface area contributed by atoms with Crippen molar-refractivity contribution in [3.8, 4) is 0 Å². The van der Waals surface area contributed by atoms with E-state index < -0.39 is 0 Å². The number of ether oxygens (including phenoxy) is 1. The average Bonchev–Trinajstić information content (AvgIpc) is 2.49. The summed E-state index contributed by atoms with van der Waals surface area (Å²) in [4.78, 5) is 4.24. The Morgan fingerprint density at radius 3 is 2.73 bits per heavy atom. The van der Waals surface area contributed by atoms with Crippen molar-refractivity contribution >= 4 is 29.9 Å². The summed E-state index contributed by atoms with van der Waals surface area (Å²) in [5.74, 6) is 1.30. The highest BCUT2D eigenvalue weighted by molar-refractivity contribution is 14.0. The molecule has 0 aliphatic rings. The fourth-order valence-electron chi connectivity index (χ4n) is 2.09. The van der Waals surface area contributed by atoms with Crippen LogP contribution < -0.4 is 10.6 Å². The summed E-state index contributed by atoms with van der Waals surface area (Å²) in [6, 6.07) is 8.66. The second-order valence-corrected chi connectivity index (χ2v) is 5.25. The Labute approximate surface area is 152 Å². The third-order valence-electron chi connectivity index (χ3n) is 3.37. The minimum Gasteiger partial charge on any atom is -0.382 e. The molecule has 1 atom stereocenters. The van der Waals surface area contributed by atoms with Crippen LogP contribution in [-0.2, 0) is 4.74 Å². The normalized spacial score (nSPS) is 12.5. The number of benzene rings is 1. The second-order valence-electron chi connectivity index (χ2n) is 5.25. The molecular formula is C17H30IN3O. The highest BCUT2D eigenvalue weighted by atomic mass is 127. The van der Waals surface area contributed by atoms with Crippen LogP contribution >= 0.6 is 24.0 Å². The molecule has 0 radical (unpaired) electrons. The standard InChI is InChI=1S/C17H29N3O.HI/c1-5-21-11-7-10-19-17(18-4)20-13-15(3)16-9-6-8-14(2)12-16;/h6,8-9,12,15H,5,7,10-11,13H2,1-4H3,(H2,18,19,20);1H. The quantitative estimate of drug-likeness (QED) is 0.294. The van der Waals surface area contributed by atoms with E-state index in [9.17, 15) is 0 Å². The summed E-state index contributed by atoms with van der Waals surface area (Å²) in [7, 11) is 1.80. The molecular weight excluding hydrogens is 389 g/mol. The van der Waals surface area contributed by atoms with Gasteiger partial charge in [0.25, 0.3) is 0 Å². The number of nitrogens with zero attached hydrogens (tertiary/aromatic N) is 1. The lowest BCUT2D eigenvalue weighted by atomic mass is 9.99. The maximum Gasteiger partial charge on any atom is 0.190 e. The number of halogens is 1. The lowest BCUT2D eigenvalue weighted by molar-refractivity contribution is 0.145. The van der Waals surface area contributed by atoms with Gasteiger partial charge in [-0.25, -0.2) is 0 Å². The van der Waals surface area contributed by atoms with Crippen molar-refractivity contribution in [2.75, 3.05) is 33.4 Å². The number of hydrogen-bond acceptors (Lipinski definition) is 2. The third kappa shape index (κ3) is 8.58. The van der Waals surface area contributed by atoms with Crippen LogP contribution in [0, 0.1) is 6.92 Å². The molecule has 1 aromatic rings. The third-order valence-corrected chi connectivity index (χ3v) is 3.37. The maximum atomic E-state index is 5.32. The van der Waals surface area contributed by atoms with Crippen molar-refractivity contribution in [3.63, 3.8) is 0 Å². The van der Waals surface area contributed by atoms with E-state index >= 15 is 0 Å². The largest absolute Gasteiger partial charge is 0.382 e. The molecule has 1 rings (SSSR count). The molecule has 0 saturated carbocycles. The highest BCUT2D eigenvalue weighted by Gasteiger charge is 2.06. The molecule has 0 aromatic heterocycles. The van der Waals surface area contributed by atoms with Crippen molar-refractivity contribution in [3.05, 3.63) is 35.4 Å². The first-order chi connectivity index (χ1) is 10.2. The van der Waals surface area contributed by atoms with Gasteiger partial charge in [0.05, 0.1) is 0 Å². The molecule has 0 bridgehead atoms. The van der Waals surface area contributed by atoms with Gasteiger partial charge >= 0.3 is 0 Å². The topological polar surface area (TPSA) is 45.6 Å². The van der Waals surface area contributed by atoms with Crippen LogP contribution in [0.2, 0.25) is 0 Å². The molecule has 0 amide bonds. The van der Waals surface area contributed by atoms with Crippen LogP contribution in [0.4, 0.5) is 0 Å². The fourth-order valence-corrected chi connectivity index (χ4v) is 2.09. The molecule has 4 nitrogen and oxygen atoms in total. The molecule has 0 heterocycles. The number of guanidine groups is 1. The van der Waals surface area contributed by atoms with E-state index in [2.05, 4.69) is 53.7 Å². The monoisotopic (exact) mass is 419 g/mol. The van der Waals surface area contributed by atoms with Crippen LogP contribution in [-0.4, -0.2) is 39.3 Å². The molecule has 2 N–H and O–H groups in total. The second kappa shape index (κ2) is 12.7. The van der Waals surface area contributed by atoms with Gasteiger partial charge in [0.2, 0.25) is 0 Å². The summed E-state index contributed by atoms with van der Waals surface area (Å²) in [5.41, 5.74) is 2.66. The average molecular weight is 419 g/mol. The van der Waals surface area contributed by atoms with E-state index in [-0.39, 0.29) is 24.0 Å². The summed E-state index contributed by atoms with van der Waals surface area (Å²) in [5, 5.41) is 6.68. The molecule has 0 spiro atoms. The van der Waals surface area contributed by atoms with Gasteiger partial charge in [-0.15, -0.1) is 24.0 Å². The molecule has 1 unspecified atom stereocenters. The smallest absolute Gasteiger partial charge is 0.190 e. The van der Waals surface area contributed by atoms with Crippen molar-refractivity contribution in [2.45, 2.75) is 33.1 Å². The van der Waals surface area contributed by atoms with Crippen LogP contribution in [0.3, 0.4) is 0 Å². The van der Waals surface area contributed by atoms with E-state index in [1.165, 1.54) is 11.1 Å². The first-order valence-corrected chi connectivity index (χ1v) is 7.76. The van der Waals surface area contributed by atoms with Crippen molar-refractivity contribution in [1.82, 2.24) is 10.6 Å². The molecule has 126 valence electrons. The van der Waals surface area contributed by atoms with E-state index in [1.54, 1.807) is 7.05 Å². The number of aliphatic imine (C=N–C) groups is 1. The van der Waals surface area contributed by atoms with Gasteiger partial charge in [-0.1, -0.05) is 36.8 Å². The minimum absolute atomic E-state index is 0.